The highest BCUT2D eigenvalue weighted by atomic mass is 79.9. The lowest BCUT2D eigenvalue weighted by molar-refractivity contribution is 0.351. The molecule has 0 radical (unpaired) electrons. The molecule has 0 amide bonds. The zero-order valence-corrected chi connectivity index (χ0v) is 13.8. The summed E-state index contributed by atoms with van der Waals surface area (Å²) in [5.41, 5.74) is 7.16. The van der Waals surface area contributed by atoms with Crippen LogP contribution < -0.4 is 15.2 Å². The molecule has 112 valence electrons. The highest BCUT2D eigenvalue weighted by molar-refractivity contribution is 9.10. The maximum Gasteiger partial charge on any atom is 0.163 e. The van der Waals surface area contributed by atoms with Crippen molar-refractivity contribution in [3.63, 3.8) is 0 Å². The van der Waals surface area contributed by atoms with Crippen molar-refractivity contribution in [2.75, 3.05) is 14.2 Å². The number of hydrogen-bond donors (Lipinski definition) is 1. The third-order valence-electron chi connectivity index (χ3n) is 3.14. The number of benzene rings is 2. The Balaban J connectivity index is 2.47. The predicted molar refractivity (Wildman–Crippen MR) is 84.7 cm³/mol. The zero-order valence-electron chi connectivity index (χ0n) is 11.5. The molecule has 0 fully saturated rings. The van der Waals surface area contributed by atoms with E-state index in [2.05, 4.69) is 15.9 Å². The summed E-state index contributed by atoms with van der Waals surface area (Å²) >= 11 is 9.36. The fraction of sp³-hybridized carbons (Fsp3) is 0.200. The topological polar surface area (TPSA) is 44.5 Å². The molecule has 0 spiro atoms. The summed E-state index contributed by atoms with van der Waals surface area (Å²) in [6.45, 7) is 0. The summed E-state index contributed by atoms with van der Waals surface area (Å²) in [5, 5.41) is 0.517. The van der Waals surface area contributed by atoms with E-state index >= 15 is 0 Å². The van der Waals surface area contributed by atoms with Crippen LogP contribution in [0.1, 0.15) is 17.2 Å². The maximum absolute atomic E-state index is 14.2. The van der Waals surface area contributed by atoms with Crippen molar-refractivity contribution in [3.05, 3.63) is 56.8 Å². The number of rotatable bonds is 4. The fourth-order valence-corrected chi connectivity index (χ4v) is 2.43. The molecule has 0 bridgehead atoms. The van der Waals surface area contributed by atoms with E-state index in [1.54, 1.807) is 18.2 Å². The normalized spacial score (nSPS) is 12.1. The Morgan fingerprint density at radius 2 is 1.76 bits per heavy atom. The van der Waals surface area contributed by atoms with Crippen molar-refractivity contribution in [1.82, 2.24) is 0 Å². The molecule has 1 unspecified atom stereocenters. The van der Waals surface area contributed by atoms with Crippen molar-refractivity contribution in [3.8, 4) is 11.5 Å². The van der Waals surface area contributed by atoms with Crippen molar-refractivity contribution < 1.29 is 13.9 Å². The van der Waals surface area contributed by atoms with Gasteiger partial charge in [0.1, 0.15) is 5.82 Å². The van der Waals surface area contributed by atoms with Crippen LogP contribution in [-0.2, 0) is 0 Å². The van der Waals surface area contributed by atoms with E-state index in [1.807, 2.05) is 0 Å². The second kappa shape index (κ2) is 6.64. The van der Waals surface area contributed by atoms with Crippen LogP contribution in [0.4, 0.5) is 4.39 Å². The molecule has 0 aliphatic heterocycles. The number of methoxy groups -OCH3 is 2. The second-order valence-corrected chi connectivity index (χ2v) is 5.64. The van der Waals surface area contributed by atoms with Gasteiger partial charge in [0.2, 0.25) is 0 Å². The van der Waals surface area contributed by atoms with Gasteiger partial charge in [-0.3, -0.25) is 0 Å². The van der Waals surface area contributed by atoms with Crippen LogP contribution in [-0.4, -0.2) is 14.2 Å². The minimum Gasteiger partial charge on any atom is -0.493 e. The zero-order chi connectivity index (χ0) is 15.6. The van der Waals surface area contributed by atoms with Crippen LogP contribution in [0.25, 0.3) is 0 Å². The summed E-state index contributed by atoms with van der Waals surface area (Å²) in [7, 11) is 2.94. The third kappa shape index (κ3) is 3.31. The Kier molecular flexibility index (Phi) is 5.08. The van der Waals surface area contributed by atoms with Crippen LogP contribution >= 0.6 is 27.5 Å². The fourth-order valence-electron chi connectivity index (χ4n) is 1.99. The Hall–Kier alpha value is -1.30. The number of ether oxygens (including phenoxy) is 2. The molecule has 2 aromatic carbocycles. The van der Waals surface area contributed by atoms with Crippen LogP contribution in [0.3, 0.4) is 0 Å². The van der Waals surface area contributed by atoms with Crippen molar-refractivity contribution >= 4 is 27.5 Å². The van der Waals surface area contributed by atoms with Gasteiger partial charge >= 0.3 is 0 Å². The van der Waals surface area contributed by atoms with Crippen molar-refractivity contribution in [2.45, 2.75) is 6.04 Å². The van der Waals surface area contributed by atoms with Crippen LogP contribution in [0.15, 0.2) is 34.8 Å². The lowest BCUT2D eigenvalue weighted by Crippen LogP contribution is -2.14. The average Bonchev–Trinajstić information content (AvgIpc) is 2.49. The largest absolute Gasteiger partial charge is 0.493 e. The Morgan fingerprint density at radius 3 is 2.33 bits per heavy atom. The molecule has 21 heavy (non-hydrogen) atoms. The number of halogens is 3. The lowest BCUT2D eigenvalue weighted by Gasteiger charge is -2.17. The first kappa shape index (κ1) is 16.1. The smallest absolute Gasteiger partial charge is 0.163 e. The van der Waals surface area contributed by atoms with E-state index in [-0.39, 0.29) is 0 Å². The third-order valence-corrected chi connectivity index (χ3v) is 4.37. The summed E-state index contributed by atoms with van der Waals surface area (Å²) < 4.78 is 25.2. The predicted octanol–water partition coefficient (Wildman–Crippen LogP) is 4.31. The first-order valence-corrected chi connectivity index (χ1v) is 7.27. The van der Waals surface area contributed by atoms with E-state index < -0.39 is 11.9 Å². The molecular formula is C15H14BrClFNO2. The molecule has 0 aliphatic rings. The molecule has 1 atom stereocenters. The lowest BCUT2D eigenvalue weighted by atomic mass is 9.98. The summed E-state index contributed by atoms with van der Waals surface area (Å²) in [6, 6.07) is 7.40. The molecule has 0 aliphatic carbocycles. The maximum atomic E-state index is 14.2. The molecular weight excluding hydrogens is 361 g/mol. The Labute approximate surface area is 135 Å². The molecule has 2 aromatic rings. The van der Waals surface area contributed by atoms with Crippen molar-refractivity contribution in [2.24, 2.45) is 5.73 Å². The van der Waals surface area contributed by atoms with E-state index in [1.165, 1.54) is 26.4 Å². The average molecular weight is 375 g/mol. The Bertz CT molecular complexity index is 666. The van der Waals surface area contributed by atoms with Gasteiger partial charge in [-0.15, -0.1) is 0 Å². The second-order valence-electron chi connectivity index (χ2n) is 4.38. The molecule has 2 N–H and O–H groups in total. The van der Waals surface area contributed by atoms with E-state index in [0.29, 0.717) is 27.6 Å². The van der Waals surface area contributed by atoms with Gasteiger partial charge in [0.15, 0.2) is 11.5 Å². The summed E-state index contributed by atoms with van der Waals surface area (Å²) in [4.78, 5) is 0. The van der Waals surface area contributed by atoms with E-state index in [4.69, 9.17) is 26.8 Å². The van der Waals surface area contributed by atoms with Gasteiger partial charge in [-0.25, -0.2) is 4.39 Å². The summed E-state index contributed by atoms with van der Waals surface area (Å²) in [6.07, 6.45) is 0. The first-order chi connectivity index (χ1) is 9.97. The van der Waals surface area contributed by atoms with Crippen LogP contribution in [0, 0.1) is 5.82 Å². The van der Waals surface area contributed by atoms with Gasteiger partial charge in [0, 0.05) is 16.1 Å². The number of nitrogens with two attached hydrogens (primary N) is 1. The molecule has 0 saturated carbocycles. The van der Waals surface area contributed by atoms with Gasteiger partial charge in [0.25, 0.3) is 0 Å². The Morgan fingerprint density at radius 1 is 1.14 bits per heavy atom. The molecule has 0 heterocycles. The quantitative estimate of drug-likeness (QED) is 0.867. The van der Waals surface area contributed by atoms with E-state index in [9.17, 15) is 4.39 Å². The standard InChI is InChI=1S/C15H14BrClFNO2/c1-20-13-6-9(12(18)7-14(13)21-2)15(19)8-3-4-10(16)11(17)5-8/h3-7,15H,19H2,1-2H3. The van der Waals surface area contributed by atoms with Gasteiger partial charge < -0.3 is 15.2 Å². The van der Waals surface area contributed by atoms with Crippen molar-refractivity contribution in [1.29, 1.82) is 0 Å². The first-order valence-electron chi connectivity index (χ1n) is 6.10. The minimum absolute atomic E-state index is 0.311. The van der Waals surface area contributed by atoms with Gasteiger partial charge in [0.05, 0.1) is 25.3 Å². The highest BCUT2D eigenvalue weighted by Gasteiger charge is 2.18. The minimum atomic E-state index is -0.657. The van der Waals surface area contributed by atoms with Crippen LogP contribution in [0.2, 0.25) is 5.02 Å². The number of hydrogen-bond acceptors (Lipinski definition) is 3. The van der Waals surface area contributed by atoms with Crippen LogP contribution in [0.5, 0.6) is 11.5 Å². The molecule has 0 saturated heterocycles. The monoisotopic (exact) mass is 373 g/mol. The molecule has 0 aromatic heterocycles. The van der Waals surface area contributed by atoms with Gasteiger partial charge in [-0.1, -0.05) is 17.7 Å². The summed E-state index contributed by atoms with van der Waals surface area (Å²) in [5.74, 6) is 0.284. The highest BCUT2D eigenvalue weighted by Crippen LogP contribution is 2.35. The molecule has 6 heteroatoms. The molecule has 3 nitrogen and oxygen atoms in total. The van der Waals surface area contributed by atoms with Gasteiger partial charge in [-0.05, 0) is 39.7 Å². The van der Waals surface area contributed by atoms with E-state index in [0.717, 1.165) is 4.47 Å². The molecule has 2 rings (SSSR count). The van der Waals surface area contributed by atoms with Gasteiger partial charge in [-0.2, -0.15) is 0 Å². The SMILES string of the molecule is COc1cc(F)c(C(N)c2ccc(Br)c(Cl)c2)cc1OC.